The number of fused-ring (bicyclic) bond motifs is 1. The first-order valence-corrected chi connectivity index (χ1v) is 7.43. The topological polar surface area (TPSA) is 32.3 Å². The van der Waals surface area contributed by atoms with E-state index < -0.39 is 34.9 Å². The lowest BCUT2D eigenvalue weighted by Crippen LogP contribution is -2.44. The maximum absolute atomic E-state index is 14.4. The van der Waals surface area contributed by atoms with Crippen molar-refractivity contribution in [3.63, 3.8) is 0 Å². The zero-order chi connectivity index (χ0) is 17.7. The molecule has 2 aromatic rings. The number of hydrazine groups is 1. The molecule has 24 heavy (non-hydrogen) atoms. The van der Waals surface area contributed by atoms with E-state index in [1.54, 1.807) is 32.0 Å². The van der Waals surface area contributed by atoms with Gasteiger partial charge in [0.1, 0.15) is 5.82 Å². The molecular weight excluding hydrogens is 324 g/mol. The van der Waals surface area contributed by atoms with Gasteiger partial charge in [0, 0.05) is 12.1 Å². The first kappa shape index (κ1) is 16.7. The minimum Gasteiger partial charge on any atom is -0.287 e. The summed E-state index contributed by atoms with van der Waals surface area (Å²) in [6.45, 7) is 2.93. The number of carbonyl (C=O) groups is 1. The molecule has 0 aromatic heterocycles. The number of halogens is 4. The lowest BCUT2D eigenvalue weighted by atomic mass is 9.93. The summed E-state index contributed by atoms with van der Waals surface area (Å²) in [5.41, 5.74) is 0.794. The number of hydrogen-bond donors (Lipinski definition) is 1. The van der Waals surface area contributed by atoms with Gasteiger partial charge >= 0.3 is 6.18 Å². The second-order valence-electron chi connectivity index (χ2n) is 6.58. The van der Waals surface area contributed by atoms with Crippen LogP contribution in [0.1, 0.15) is 25.5 Å². The molecule has 2 aromatic carbocycles. The van der Waals surface area contributed by atoms with Gasteiger partial charge in [-0.05, 0) is 30.7 Å². The molecule has 1 heterocycles. The molecule has 1 N–H and O–H groups in total. The van der Waals surface area contributed by atoms with Crippen molar-refractivity contribution in [2.75, 3.05) is 6.54 Å². The van der Waals surface area contributed by atoms with Crippen molar-refractivity contribution in [2.24, 2.45) is 5.41 Å². The van der Waals surface area contributed by atoms with Gasteiger partial charge in [-0.15, -0.1) is 0 Å². The maximum Gasteiger partial charge on any atom is 0.410 e. The monoisotopic (exact) mass is 340 g/mol. The molecule has 1 atom stereocenters. The van der Waals surface area contributed by atoms with Gasteiger partial charge in [0.05, 0.1) is 5.41 Å². The molecule has 1 aliphatic heterocycles. The third-order valence-electron chi connectivity index (χ3n) is 4.24. The van der Waals surface area contributed by atoms with Crippen LogP contribution in [0.3, 0.4) is 0 Å². The highest BCUT2D eigenvalue weighted by Crippen LogP contribution is 2.43. The van der Waals surface area contributed by atoms with E-state index >= 15 is 0 Å². The highest BCUT2D eigenvalue weighted by atomic mass is 19.4. The highest BCUT2D eigenvalue weighted by molar-refractivity contribution is 5.87. The van der Waals surface area contributed by atoms with E-state index in [-0.39, 0.29) is 11.9 Å². The van der Waals surface area contributed by atoms with E-state index in [2.05, 4.69) is 5.43 Å². The Morgan fingerprint density at radius 1 is 1.17 bits per heavy atom. The molecular formula is C17H16F4N2O. The Kier molecular flexibility index (Phi) is 3.79. The van der Waals surface area contributed by atoms with E-state index in [1.165, 1.54) is 12.1 Å². The summed E-state index contributed by atoms with van der Waals surface area (Å²) in [6.07, 6.45) is -4.75. The normalized spacial score (nSPS) is 19.5. The van der Waals surface area contributed by atoms with E-state index in [1.807, 2.05) is 0 Å². The van der Waals surface area contributed by atoms with Crippen molar-refractivity contribution in [3.8, 4) is 0 Å². The van der Waals surface area contributed by atoms with Crippen molar-refractivity contribution in [1.82, 2.24) is 10.4 Å². The lowest BCUT2D eigenvalue weighted by Gasteiger charge is -2.31. The van der Waals surface area contributed by atoms with E-state index in [0.29, 0.717) is 5.39 Å². The first-order valence-electron chi connectivity index (χ1n) is 7.43. The Balaban J connectivity index is 2.19. The van der Waals surface area contributed by atoms with Crippen LogP contribution in [0.2, 0.25) is 0 Å². The number of nitrogens with one attached hydrogen (secondary N) is 1. The SMILES string of the molecule is CC1(C)CN(C(c2c(F)ccc3ccccc23)C(F)(F)F)NC1=O. The fourth-order valence-corrected chi connectivity index (χ4v) is 3.02. The van der Waals surface area contributed by atoms with Gasteiger partial charge < -0.3 is 0 Å². The van der Waals surface area contributed by atoms with Crippen molar-refractivity contribution >= 4 is 16.7 Å². The predicted octanol–water partition coefficient (Wildman–Crippen LogP) is 3.96. The second-order valence-corrected chi connectivity index (χ2v) is 6.58. The number of alkyl halides is 3. The summed E-state index contributed by atoms with van der Waals surface area (Å²) in [6, 6.07) is 6.52. The molecule has 1 aliphatic rings. The van der Waals surface area contributed by atoms with Crippen LogP contribution in [-0.2, 0) is 4.79 Å². The van der Waals surface area contributed by atoms with Gasteiger partial charge in [0.15, 0.2) is 6.04 Å². The standard InChI is InChI=1S/C17H16F4N2O/c1-16(2)9-23(22-15(16)24)14(17(19,20)21)13-11-6-4-3-5-10(11)7-8-12(13)18/h3-8,14H,9H2,1-2H3,(H,22,24). The Morgan fingerprint density at radius 2 is 1.83 bits per heavy atom. The highest BCUT2D eigenvalue weighted by Gasteiger charge is 2.52. The fraction of sp³-hybridized carbons (Fsp3) is 0.353. The predicted molar refractivity (Wildman–Crippen MR) is 81.3 cm³/mol. The lowest BCUT2D eigenvalue weighted by molar-refractivity contribution is -0.191. The van der Waals surface area contributed by atoms with Gasteiger partial charge in [0.25, 0.3) is 0 Å². The smallest absolute Gasteiger partial charge is 0.287 e. The third kappa shape index (κ3) is 2.73. The van der Waals surface area contributed by atoms with Crippen molar-refractivity contribution < 1.29 is 22.4 Å². The molecule has 1 unspecified atom stereocenters. The van der Waals surface area contributed by atoms with Crippen LogP contribution >= 0.6 is 0 Å². The number of carbonyl (C=O) groups excluding carboxylic acids is 1. The summed E-state index contributed by atoms with van der Waals surface area (Å²) in [5.74, 6) is -1.47. The Hall–Kier alpha value is -2.15. The fourth-order valence-electron chi connectivity index (χ4n) is 3.02. The molecule has 0 radical (unpaired) electrons. The number of amides is 1. The summed E-state index contributed by atoms with van der Waals surface area (Å²) in [4.78, 5) is 11.9. The zero-order valence-electron chi connectivity index (χ0n) is 13.1. The average molecular weight is 340 g/mol. The Morgan fingerprint density at radius 3 is 2.42 bits per heavy atom. The number of nitrogens with zero attached hydrogens (tertiary/aromatic N) is 1. The van der Waals surface area contributed by atoms with E-state index in [4.69, 9.17) is 0 Å². The zero-order valence-corrected chi connectivity index (χ0v) is 13.1. The summed E-state index contributed by atoms with van der Waals surface area (Å²) in [5, 5.41) is 1.47. The summed E-state index contributed by atoms with van der Waals surface area (Å²) in [7, 11) is 0. The molecule has 7 heteroatoms. The van der Waals surface area contributed by atoms with E-state index in [0.717, 1.165) is 11.1 Å². The molecule has 128 valence electrons. The minimum absolute atomic E-state index is 0.168. The van der Waals surface area contributed by atoms with Gasteiger partial charge in [-0.2, -0.15) is 13.2 Å². The molecule has 3 rings (SSSR count). The number of rotatable bonds is 2. The first-order chi connectivity index (χ1) is 11.1. The molecule has 0 bridgehead atoms. The third-order valence-corrected chi connectivity index (χ3v) is 4.24. The van der Waals surface area contributed by atoms with Gasteiger partial charge in [-0.3, -0.25) is 10.2 Å². The van der Waals surface area contributed by atoms with Crippen LogP contribution in [0.4, 0.5) is 17.6 Å². The van der Waals surface area contributed by atoms with Gasteiger partial charge in [0.2, 0.25) is 5.91 Å². The molecule has 3 nitrogen and oxygen atoms in total. The number of hydrogen-bond acceptors (Lipinski definition) is 2. The minimum atomic E-state index is -4.75. The summed E-state index contributed by atoms with van der Waals surface area (Å²) >= 11 is 0. The van der Waals surface area contributed by atoms with Gasteiger partial charge in [-0.25, -0.2) is 9.40 Å². The quantitative estimate of drug-likeness (QED) is 0.840. The Labute approximate surface area is 136 Å². The van der Waals surface area contributed by atoms with Crippen LogP contribution in [-0.4, -0.2) is 23.6 Å². The van der Waals surface area contributed by atoms with Crippen molar-refractivity contribution in [1.29, 1.82) is 0 Å². The number of benzene rings is 2. The molecule has 0 aliphatic carbocycles. The van der Waals surface area contributed by atoms with Crippen LogP contribution in [0.5, 0.6) is 0 Å². The van der Waals surface area contributed by atoms with E-state index in [9.17, 15) is 22.4 Å². The molecule has 1 saturated heterocycles. The van der Waals surface area contributed by atoms with Crippen LogP contribution < -0.4 is 5.43 Å². The summed E-state index contributed by atoms with van der Waals surface area (Å²) < 4.78 is 55.8. The van der Waals surface area contributed by atoms with Crippen molar-refractivity contribution in [3.05, 3.63) is 47.8 Å². The van der Waals surface area contributed by atoms with Crippen molar-refractivity contribution in [2.45, 2.75) is 26.1 Å². The average Bonchev–Trinajstić information content (AvgIpc) is 2.74. The van der Waals surface area contributed by atoms with Gasteiger partial charge in [-0.1, -0.05) is 30.3 Å². The Bertz CT molecular complexity index is 801. The molecule has 0 saturated carbocycles. The van der Waals surface area contributed by atoms with Crippen LogP contribution in [0, 0.1) is 11.2 Å². The van der Waals surface area contributed by atoms with Crippen LogP contribution in [0.15, 0.2) is 36.4 Å². The largest absolute Gasteiger partial charge is 0.410 e. The second kappa shape index (κ2) is 5.44. The molecule has 1 amide bonds. The van der Waals surface area contributed by atoms with Crippen LogP contribution in [0.25, 0.3) is 10.8 Å². The molecule has 1 fully saturated rings. The maximum atomic E-state index is 14.4. The molecule has 0 spiro atoms.